The molecule has 2 aromatic heterocycles. The Hall–Kier alpha value is -2.56. The van der Waals surface area contributed by atoms with Crippen molar-refractivity contribution in [2.45, 2.75) is 6.04 Å². The van der Waals surface area contributed by atoms with E-state index in [1.54, 1.807) is 12.1 Å². The Labute approximate surface area is 153 Å². The lowest BCUT2D eigenvalue weighted by Gasteiger charge is -2.37. The molecular weight excluding hydrogens is 356 g/mol. The zero-order valence-corrected chi connectivity index (χ0v) is 15.0. The molecule has 0 bridgehead atoms. The third-order valence-electron chi connectivity index (χ3n) is 4.71. The molecule has 1 aromatic carbocycles. The molecule has 3 heterocycles. The Bertz CT molecular complexity index is 929. The van der Waals surface area contributed by atoms with Crippen LogP contribution in [0.4, 0.5) is 5.69 Å². The number of thiazole rings is 1. The maximum atomic E-state index is 11.0. The minimum atomic E-state index is -0.407. The average molecular weight is 374 g/mol. The van der Waals surface area contributed by atoms with Crippen LogP contribution >= 0.6 is 11.3 Å². The third kappa shape index (κ3) is 2.91. The fraction of sp³-hybridized carbons (Fsp3) is 0.375. The van der Waals surface area contributed by atoms with Crippen molar-refractivity contribution < 1.29 is 10.0 Å². The molecule has 1 atom stereocenters. The molecule has 1 fully saturated rings. The second-order valence-corrected chi connectivity index (χ2v) is 7.34. The third-order valence-corrected chi connectivity index (χ3v) is 5.80. The molecular formula is C16H18N6O3S. The number of fused-ring (bicyclic) bond motifs is 1. The molecule has 1 N–H and O–H groups in total. The summed E-state index contributed by atoms with van der Waals surface area (Å²) in [5, 5.41) is 25.7. The van der Waals surface area contributed by atoms with Crippen molar-refractivity contribution in [3.63, 3.8) is 0 Å². The van der Waals surface area contributed by atoms with Crippen LogP contribution in [0.5, 0.6) is 5.88 Å². The van der Waals surface area contributed by atoms with Crippen LogP contribution < -0.4 is 0 Å². The fourth-order valence-electron chi connectivity index (χ4n) is 3.26. The van der Waals surface area contributed by atoms with Crippen LogP contribution in [0.1, 0.15) is 16.5 Å². The van der Waals surface area contributed by atoms with Crippen molar-refractivity contribution in [3.05, 3.63) is 51.1 Å². The number of piperazine rings is 1. The van der Waals surface area contributed by atoms with E-state index < -0.39 is 4.92 Å². The molecule has 1 aliphatic rings. The summed E-state index contributed by atoms with van der Waals surface area (Å²) in [6.45, 7) is 3.52. The SMILES string of the molecule is CN1CCN(C(c2ccc([N+](=O)[O-])cc2)c2sc3ncnn3c2O)CC1. The first-order valence-electron chi connectivity index (χ1n) is 8.23. The number of likely N-dealkylation sites (N-methyl/N-ethyl adjacent to an activating group) is 1. The number of benzene rings is 1. The van der Waals surface area contributed by atoms with Gasteiger partial charge < -0.3 is 10.0 Å². The zero-order valence-electron chi connectivity index (χ0n) is 14.1. The number of nitrogens with zero attached hydrogens (tertiary/aromatic N) is 6. The molecule has 4 rings (SSSR count). The molecule has 0 aliphatic carbocycles. The molecule has 0 saturated carbocycles. The molecule has 10 heteroatoms. The van der Waals surface area contributed by atoms with Gasteiger partial charge in [0.15, 0.2) is 0 Å². The standard InChI is InChI=1S/C16H18N6O3S/c1-19-6-8-20(9-7-19)13(11-2-4-12(5-3-11)22(24)25)14-15(23)21-16(26-14)17-10-18-21/h2-5,10,13,23H,6-9H2,1H3. The van der Waals surface area contributed by atoms with E-state index in [2.05, 4.69) is 26.9 Å². The monoisotopic (exact) mass is 374 g/mol. The number of hydrogen-bond donors (Lipinski definition) is 1. The molecule has 3 aromatic rings. The lowest BCUT2D eigenvalue weighted by Crippen LogP contribution is -2.46. The Morgan fingerprint density at radius 2 is 1.92 bits per heavy atom. The Balaban J connectivity index is 1.77. The van der Waals surface area contributed by atoms with Crippen LogP contribution in [-0.2, 0) is 0 Å². The van der Waals surface area contributed by atoms with Crippen LogP contribution in [0.3, 0.4) is 0 Å². The number of hydrogen-bond acceptors (Lipinski definition) is 8. The first-order chi connectivity index (χ1) is 12.5. The summed E-state index contributed by atoms with van der Waals surface area (Å²) in [6.07, 6.45) is 1.41. The summed E-state index contributed by atoms with van der Waals surface area (Å²) < 4.78 is 1.43. The predicted molar refractivity (Wildman–Crippen MR) is 96.5 cm³/mol. The lowest BCUT2D eigenvalue weighted by atomic mass is 10.0. The average Bonchev–Trinajstić information content (AvgIpc) is 3.21. The highest BCUT2D eigenvalue weighted by Gasteiger charge is 2.31. The highest BCUT2D eigenvalue weighted by Crippen LogP contribution is 2.40. The van der Waals surface area contributed by atoms with Gasteiger partial charge in [-0.2, -0.15) is 9.61 Å². The zero-order chi connectivity index (χ0) is 18.3. The van der Waals surface area contributed by atoms with Gasteiger partial charge in [0.2, 0.25) is 10.8 Å². The number of aromatic nitrogens is 3. The highest BCUT2D eigenvalue weighted by atomic mass is 32.1. The largest absolute Gasteiger partial charge is 0.492 e. The maximum absolute atomic E-state index is 11.0. The molecule has 26 heavy (non-hydrogen) atoms. The van der Waals surface area contributed by atoms with Gasteiger partial charge in [-0.1, -0.05) is 23.5 Å². The molecule has 0 amide bonds. The Morgan fingerprint density at radius 3 is 2.54 bits per heavy atom. The van der Waals surface area contributed by atoms with Gasteiger partial charge in [0.25, 0.3) is 5.69 Å². The Morgan fingerprint density at radius 1 is 1.23 bits per heavy atom. The lowest BCUT2D eigenvalue weighted by molar-refractivity contribution is -0.384. The normalized spacial score (nSPS) is 17.6. The van der Waals surface area contributed by atoms with Crippen LogP contribution in [0.25, 0.3) is 4.96 Å². The minimum absolute atomic E-state index is 0.0535. The van der Waals surface area contributed by atoms with E-state index in [0.717, 1.165) is 36.6 Å². The molecule has 136 valence electrons. The second kappa shape index (κ2) is 6.63. The topological polar surface area (TPSA) is 100 Å². The smallest absolute Gasteiger partial charge is 0.269 e. The van der Waals surface area contributed by atoms with Crippen LogP contribution in [0.15, 0.2) is 30.6 Å². The first-order valence-corrected chi connectivity index (χ1v) is 9.04. The van der Waals surface area contributed by atoms with Crippen molar-refractivity contribution in [2.24, 2.45) is 0 Å². The van der Waals surface area contributed by atoms with E-state index in [4.69, 9.17) is 0 Å². The van der Waals surface area contributed by atoms with Gasteiger partial charge in [0, 0.05) is 38.3 Å². The number of nitro groups is 1. The number of rotatable bonds is 4. The predicted octanol–water partition coefficient (Wildman–Crippen LogP) is 1.74. The van der Waals surface area contributed by atoms with E-state index in [0.29, 0.717) is 4.96 Å². The number of aromatic hydroxyl groups is 1. The van der Waals surface area contributed by atoms with Crippen LogP contribution in [-0.4, -0.2) is 67.7 Å². The van der Waals surface area contributed by atoms with Gasteiger partial charge in [-0.15, -0.1) is 0 Å². The highest BCUT2D eigenvalue weighted by molar-refractivity contribution is 7.17. The van der Waals surface area contributed by atoms with Crippen LogP contribution in [0.2, 0.25) is 0 Å². The summed E-state index contributed by atoms with van der Waals surface area (Å²) in [5.41, 5.74) is 0.956. The quantitative estimate of drug-likeness (QED) is 0.548. The van der Waals surface area contributed by atoms with Gasteiger partial charge in [0.1, 0.15) is 6.33 Å². The number of nitro benzene ring substituents is 1. The van der Waals surface area contributed by atoms with Crippen molar-refractivity contribution in [3.8, 4) is 5.88 Å². The van der Waals surface area contributed by atoms with Gasteiger partial charge in [0.05, 0.1) is 15.8 Å². The van der Waals surface area contributed by atoms with Gasteiger partial charge in [-0.25, -0.2) is 4.98 Å². The van der Waals surface area contributed by atoms with Crippen molar-refractivity contribution in [1.82, 2.24) is 24.4 Å². The molecule has 9 nitrogen and oxygen atoms in total. The second-order valence-electron chi connectivity index (χ2n) is 6.33. The van der Waals surface area contributed by atoms with E-state index in [1.807, 2.05) is 0 Å². The van der Waals surface area contributed by atoms with Gasteiger partial charge in [-0.3, -0.25) is 15.0 Å². The van der Waals surface area contributed by atoms with E-state index >= 15 is 0 Å². The summed E-state index contributed by atoms with van der Waals surface area (Å²) in [6, 6.07) is 6.34. The Kier molecular flexibility index (Phi) is 4.31. The maximum Gasteiger partial charge on any atom is 0.269 e. The van der Waals surface area contributed by atoms with E-state index in [9.17, 15) is 15.2 Å². The summed E-state index contributed by atoms with van der Waals surface area (Å²) >= 11 is 1.39. The van der Waals surface area contributed by atoms with Crippen LogP contribution in [0, 0.1) is 10.1 Å². The van der Waals surface area contributed by atoms with Crippen molar-refractivity contribution in [1.29, 1.82) is 0 Å². The first kappa shape index (κ1) is 16.9. The number of non-ortho nitro benzene ring substituents is 1. The minimum Gasteiger partial charge on any atom is -0.492 e. The van der Waals surface area contributed by atoms with Gasteiger partial charge in [-0.05, 0) is 12.6 Å². The van der Waals surface area contributed by atoms with Crippen molar-refractivity contribution in [2.75, 3.05) is 33.2 Å². The van der Waals surface area contributed by atoms with E-state index in [1.165, 1.54) is 34.3 Å². The van der Waals surface area contributed by atoms with Crippen molar-refractivity contribution >= 4 is 22.0 Å². The fourth-order valence-corrected chi connectivity index (χ4v) is 4.35. The molecule has 1 aliphatic heterocycles. The summed E-state index contributed by atoms with van der Waals surface area (Å²) in [7, 11) is 2.08. The molecule has 1 saturated heterocycles. The summed E-state index contributed by atoms with van der Waals surface area (Å²) in [4.78, 5) is 20.6. The molecule has 0 spiro atoms. The molecule has 0 radical (unpaired) electrons. The molecule has 1 unspecified atom stereocenters. The summed E-state index contributed by atoms with van der Waals surface area (Å²) in [5.74, 6) is 0.0739. The van der Waals surface area contributed by atoms with E-state index in [-0.39, 0.29) is 17.6 Å². The van der Waals surface area contributed by atoms with Gasteiger partial charge >= 0.3 is 0 Å².